The molecule has 0 saturated heterocycles. The second kappa shape index (κ2) is 12.6. The maximum atomic E-state index is 14.4. The van der Waals surface area contributed by atoms with E-state index in [-0.39, 0.29) is 17.7 Å². The lowest BCUT2D eigenvalue weighted by Gasteiger charge is -2.47. The van der Waals surface area contributed by atoms with Crippen molar-refractivity contribution in [1.82, 2.24) is 19.9 Å². The van der Waals surface area contributed by atoms with Crippen molar-refractivity contribution < 1.29 is 29.4 Å². The molecule has 41 heavy (non-hydrogen) atoms. The fraction of sp³-hybridized carbons (Fsp3) is 0.258. The molecule has 2 aromatic carbocycles. The summed E-state index contributed by atoms with van der Waals surface area (Å²) < 4.78 is 0. The van der Waals surface area contributed by atoms with Gasteiger partial charge in [-0.15, -0.1) is 0 Å². The van der Waals surface area contributed by atoms with E-state index >= 15 is 0 Å². The first-order chi connectivity index (χ1) is 19.6. The van der Waals surface area contributed by atoms with Gasteiger partial charge in [0.25, 0.3) is 11.8 Å². The second-order valence-corrected chi connectivity index (χ2v) is 10.1. The molecule has 4 rings (SSSR count). The van der Waals surface area contributed by atoms with Gasteiger partial charge in [-0.1, -0.05) is 74.5 Å². The number of pyridine rings is 1. The number of aromatic nitrogens is 1. The molecule has 0 fully saturated rings. The Bertz CT molecular complexity index is 1430. The third kappa shape index (κ3) is 6.17. The van der Waals surface area contributed by atoms with Gasteiger partial charge in [-0.05, 0) is 30.0 Å². The van der Waals surface area contributed by atoms with E-state index in [9.17, 15) is 29.4 Å². The minimum absolute atomic E-state index is 0.0512. The fourth-order valence-corrected chi connectivity index (χ4v) is 4.96. The van der Waals surface area contributed by atoms with Gasteiger partial charge >= 0.3 is 5.97 Å². The first kappa shape index (κ1) is 29.2. The lowest BCUT2D eigenvalue weighted by atomic mass is 9.96. The number of rotatable bonds is 9. The number of aliphatic hydroxyl groups is 1. The number of carbonyl (C=O) groups excluding carboxylic acids is 3. The van der Waals surface area contributed by atoms with Crippen molar-refractivity contribution in [2.45, 2.75) is 45.4 Å². The molecule has 3 amide bonds. The number of carboxylic acids is 1. The van der Waals surface area contributed by atoms with Crippen LogP contribution in [0.15, 0.2) is 91.4 Å². The highest BCUT2D eigenvalue weighted by atomic mass is 16.4. The Morgan fingerprint density at radius 1 is 0.976 bits per heavy atom. The van der Waals surface area contributed by atoms with Gasteiger partial charge in [0, 0.05) is 31.1 Å². The molecule has 3 atom stereocenters. The Hall–Kier alpha value is -4.83. The van der Waals surface area contributed by atoms with Gasteiger partial charge in [0.05, 0.1) is 17.3 Å². The van der Waals surface area contributed by atoms with E-state index in [1.54, 1.807) is 86.6 Å². The van der Waals surface area contributed by atoms with Crippen LogP contribution in [-0.4, -0.2) is 72.0 Å². The molecule has 3 aromatic rings. The summed E-state index contributed by atoms with van der Waals surface area (Å²) in [5, 5.41) is 22.8. The van der Waals surface area contributed by atoms with Crippen molar-refractivity contribution in [3.05, 3.63) is 108 Å². The van der Waals surface area contributed by atoms with Gasteiger partial charge in [0.2, 0.25) is 5.91 Å². The number of benzene rings is 2. The molecule has 2 heterocycles. The Balaban J connectivity index is 1.93. The molecule has 2 N–H and O–H groups in total. The number of aliphatic carboxylic acids is 1. The molecule has 0 radical (unpaired) electrons. The smallest absolute Gasteiger partial charge is 0.334 e. The van der Waals surface area contributed by atoms with Crippen LogP contribution >= 0.6 is 0 Å². The van der Waals surface area contributed by atoms with Crippen LogP contribution in [0.3, 0.4) is 0 Å². The first-order valence-electron chi connectivity index (χ1n) is 13.2. The van der Waals surface area contributed by atoms with Crippen molar-refractivity contribution in [2.24, 2.45) is 5.92 Å². The van der Waals surface area contributed by atoms with Crippen LogP contribution in [0.2, 0.25) is 0 Å². The van der Waals surface area contributed by atoms with E-state index in [2.05, 4.69) is 4.98 Å². The van der Waals surface area contributed by atoms with Crippen LogP contribution in [0, 0.1) is 5.92 Å². The predicted molar refractivity (Wildman–Crippen MR) is 150 cm³/mol. The lowest BCUT2D eigenvalue weighted by molar-refractivity contribution is -0.173. The zero-order chi connectivity index (χ0) is 29.7. The Morgan fingerprint density at radius 3 is 2.15 bits per heavy atom. The first-order valence-corrected chi connectivity index (χ1v) is 13.2. The zero-order valence-corrected chi connectivity index (χ0v) is 23.0. The highest BCUT2D eigenvalue weighted by molar-refractivity contribution is 6.03. The quantitative estimate of drug-likeness (QED) is 0.414. The van der Waals surface area contributed by atoms with Gasteiger partial charge < -0.3 is 10.2 Å². The number of nitrogens with zero attached hydrogens (tertiary/aromatic N) is 4. The minimum atomic E-state index is -2.02. The van der Waals surface area contributed by atoms with E-state index in [1.165, 1.54) is 30.4 Å². The van der Waals surface area contributed by atoms with E-state index < -0.39 is 47.8 Å². The van der Waals surface area contributed by atoms with Crippen LogP contribution in [0.25, 0.3) is 5.70 Å². The third-order valence-corrected chi connectivity index (χ3v) is 6.85. The zero-order valence-electron chi connectivity index (χ0n) is 23.0. The van der Waals surface area contributed by atoms with Crippen LogP contribution in [0.5, 0.6) is 0 Å². The summed E-state index contributed by atoms with van der Waals surface area (Å²) in [7, 11) is 0. The Kier molecular flexibility index (Phi) is 8.94. The maximum Gasteiger partial charge on any atom is 0.334 e. The Morgan fingerprint density at radius 2 is 1.61 bits per heavy atom. The summed E-state index contributed by atoms with van der Waals surface area (Å²) in [4.78, 5) is 58.9. The van der Waals surface area contributed by atoms with Crippen LogP contribution in [-0.2, 0) is 20.8 Å². The molecule has 10 heteroatoms. The average molecular weight is 557 g/mol. The highest BCUT2D eigenvalue weighted by Gasteiger charge is 2.47. The lowest BCUT2D eigenvalue weighted by Crippen LogP contribution is -2.64. The molecular formula is C31H32N4O6. The fourth-order valence-electron chi connectivity index (χ4n) is 4.96. The second-order valence-electron chi connectivity index (χ2n) is 10.1. The summed E-state index contributed by atoms with van der Waals surface area (Å²) in [5.41, 5.74) is 1.61. The summed E-state index contributed by atoms with van der Waals surface area (Å²) in [6.07, 6.45) is 2.38. The maximum absolute atomic E-state index is 14.4. The molecule has 2 unspecified atom stereocenters. The predicted octanol–water partition coefficient (Wildman–Crippen LogP) is 3.21. The normalized spacial score (nSPS) is 16.7. The van der Waals surface area contributed by atoms with Gasteiger partial charge in [0.15, 0.2) is 6.10 Å². The molecule has 1 aliphatic rings. The molecule has 0 spiro atoms. The van der Waals surface area contributed by atoms with Gasteiger partial charge in [-0.25, -0.2) is 14.8 Å². The topological polar surface area (TPSA) is 131 Å². The number of carboxylic acid groups (broad SMARTS) is 1. The van der Waals surface area contributed by atoms with E-state index in [4.69, 9.17) is 0 Å². The van der Waals surface area contributed by atoms with Crippen molar-refractivity contribution in [3.63, 3.8) is 0 Å². The molecular weight excluding hydrogens is 524 g/mol. The standard InChI is InChI=1S/C31H32N4O6/c1-20(2)27-30(39)35(34(21(3)36)25(28(37)31(40)41)17-22-11-6-4-7-12-22)26(23-13-8-5-9-14-23)19-33(27)29(38)24-15-10-16-32-18-24/h4-16,18-20,25,27-28,37H,17H2,1-3H3,(H,40,41)/t25-,27?,28?/m0/s1. The molecule has 212 valence electrons. The van der Waals surface area contributed by atoms with Crippen molar-refractivity contribution in [2.75, 3.05) is 0 Å². The minimum Gasteiger partial charge on any atom is -0.479 e. The van der Waals surface area contributed by atoms with Gasteiger partial charge in [-0.3, -0.25) is 24.3 Å². The van der Waals surface area contributed by atoms with E-state index in [0.717, 1.165) is 10.0 Å². The molecule has 10 nitrogen and oxygen atoms in total. The summed E-state index contributed by atoms with van der Waals surface area (Å²) in [6, 6.07) is 18.3. The number of hydrogen-bond acceptors (Lipinski definition) is 6. The monoisotopic (exact) mass is 556 g/mol. The summed E-state index contributed by atoms with van der Waals surface area (Å²) >= 11 is 0. The molecule has 0 saturated carbocycles. The number of hydrazine groups is 1. The summed E-state index contributed by atoms with van der Waals surface area (Å²) in [5.74, 6) is -3.68. The number of amides is 3. The largest absolute Gasteiger partial charge is 0.479 e. The van der Waals surface area contributed by atoms with Gasteiger partial charge in [-0.2, -0.15) is 0 Å². The van der Waals surface area contributed by atoms with Crippen LogP contribution in [0.1, 0.15) is 42.3 Å². The number of aliphatic hydroxyl groups excluding tert-OH is 1. The molecule has 1 aromatic heterocycles. The van der Waals surface area contributed by atoms with Crippen LogP contribution < -0.4 is 0 Å². The van der Waals surface area contributed by atoms with Crippen molar-refractivity contribution >= 4 is 29.4 Å². The van der Waals surface area contributed by atoms with E-state index in [1.807, 2.05) is 0 Å². The van der Waals surface area contributed by atoms with Crippen LogP contribution in [0.4, 0.5) is 0 Å². The van der Waals surface area contributed by atoms with Gasteiger partial charge in [0.1, 0.15) is 6.04 Å². The Labute approximate surface area is 238 Å². The molecule has 0 bridgehead atoms. The highest BCUT2D eigenvalue weighted by Crippen LogP contribution is 2.34. The third-order valence-electron chi connectivity index (χ3n) is 6.85. The summed E-state index contributed by atoms with van der Waals surface area (Å²) in [6.45, 7) is 4.76. The SMILES string of the molecule is CC(=O)N([C@@H](Cc1ccccc1)C(O)C(=O)O)N1C(=O)C(C(C)C)N(C(=O)c2cccnc2)C=C1c1ccccc1. The number of hydrogen-bond donors (Lipinski definition) is 2. The van der Waals surface area contributed by atoms with Crippen molar-refractivity contribution in [1.29, 1.82) is 0 Å². The molecule has 0 aliphatic carbocycles. The number of carbonyl (C=O) groups is 4. The average Bonchev–Trinajstić information content (AvgIpc) is 2.97. The van der Waals surface area contributed by atoms with E-state index in [0.29, 0.717) is 11.1 Å². The molecule has 1 aliphatic heterocycles. The van der Waals surface area contributed by atoms with Crippen molar-refractivity contribution in [3.8, 4) is 0 Å².